The summed E-state index contributed by atoms with van der Waals surface area (Å²) in [6.45, 7) is 1.61. The molecule has 0 aliphatic heterocycles. The van der Waals surface area contributed by atoms with E-state index in [1.807, 2.05) is 0 Å². The Balaban J connectivity index is 2.66. The molecule has 0 saturated carbocycles. The van der Waals surface area contributed by atoms with Crippen LogP contribution in [0.5, 0.6) is 5.75 Å². The van der Waals surface area contributed by atoms with Crippen LogP contribution in [0.1, 0.15) is 19.8 Å². The molecule has 1 unspecified atom stereocenters. The van der Waals surface area contributed by atoms with Crippen LogP contribution in [0.25, 0.3) is 0 Å². The zero-order valence-electron chi connectivity index (χ0n) is 9.20. The summed E-state index contributed by atoms with van der Waals surface area (Å²) < 4.78 is 0. The number of phenols is 1. The molecule has 4 nitrogen and oxygen atoms in total. The molecule has 1 rings (SSSR count). The highest BCUT2D eigenvalue weighted by atomic mass is 35.5. The van der Waals surface area contributed by atoms with Gasteiger partial charge in [0.25, 0.3) is 0 Å². The standard InChI is InChI=1S/C11H13Cl2NO3/c1-6(15)2-3-10(16)14-7-4-8(12)11(17)9(13)5-7/h4-6,15,17H,2-3H2,1H3,(H,14,16). The van der Waals surface area contributed by atoms with Crippen LogP contribution >= 0.6 is 23.2 Å². The molecule has 6 heteroatoms. The fourth-order valence-corrected chi connectivity index (χ4v) is 1.69. The minimum Gasteiger partial charge on any atom is -0.505 e. The van der Waals surface area contributed by atoms with Gasteiger partial charge in [0.05, 0.1) is 16.1 Å². The lowest BCUT2D eigenvalue weighted by Gasteiger charge is -2.08. The van der Waals surface area contributed by atoms with Gasteiger partial charge in [0.15, 0.2) is 5.75 Å². The molecule has 0 radical (unpaired) electrons. The van der Waals surface area contributed by atoms with Gasteiger partial charge in [-0.3, -0.25) is 4.79 Å². The maximum atomic E-state index is 11.5. The van der Waals surface area contributed by atoms with Crippen molar-refractivity contribution in [1.82, 2.24) is 0 Å². The fourth-order valence-electron chi connectivity index (χ4n) is 1.20. The maximum absolute atomic E-state index is 11.5. The molecule has 0 spiro atoms. The Hall–Kier alpha value is -0.970. The Bertz CT molecular complexity index is 398. The van der Waals surface area contributed by atoms with E-state index in [1.54, 1.807) is 6.92 Å². The minimum absolute atomic E-state index is 0.0725. The highest BCUT2D eigenvalue weighted by molar-refractivity contribution is 6.37. The molecule has 3 N–H and O–H groups in total. The number of halogens is 2. The van der Waals surface area contributed by atoms with Gasteiger partial charge in [-0.25, -0.2) is 0 Å². The van der Waals surface area contributed by atoms with Gasteiger partial charge >= 0.3 is 0 Å². The highest BCUT2D eigenvalue weighted by Gasteiger charge is 2.09. The summed E-state index contributed by atoms with van der Waals surface area (Å²) in [4.78, 5) is 11.5. The van der Waals surface area contributed by atoms with Gasteiger partial charge in [0.1, 0.15) is 0 Å². The van der Waals surface area contributed by atoms with Crippen LogP contribution in [0.3, 0.4) is 0 Å². The number of aliphatic hydroxyl groups excluding tert-OH is 1. The van der Waals surface area contributed by atoms with Crippen molar-refractivity contribution in [3.63, 3.8) is 0 Å². The molecular weight excluding hydrogens is 265 g/mol. The summed E-state index contributed by atoms with van der Waals surface area (Å²) in [5, 5.41) is 21.1. The summed E-state index contributed by atoms with van der Waals surface area (Å²) in [7, 11) is 0. The summed E-state index contributed by atoms with van der Waals surface area (Å²) in [6, 6.07) is 2.81. The predicted molar refractivity (Wildman–Crippen MR) is 67.7 cm³/mol. The van der Waals surface area contributed by atoms with Gasteiger partial charge in [-0.1, -0.05) is 23.2 Å². The molecule has 17 heavy (non-hydrogen) atoms. The van der Waals surface area contributed by atoms with Crippen molar-refractivity contribution in [2.45, 2.75) is 25.9 Å². The fraction of sp³-hybridized carbons (Fsp3) is 0.364. The summed E-state index contributed by atoms with van der Waals surface area (Å²) in [6.07, 6.45) is 0.0619. The molecule has 94 valence electrons. The monoisotopic (exact) mass is 277 g/mol. The maximum Gasteiger partial charge on any atom is 0.224 e. The lowest BCUT2D eigenvalue weighted by molar-refractivity contribution is -0.116. The third-order valence-corrected chi connectivity index (χ3v) is 2.67. The molecular formula is C11H13Cl2NO3. The van der Waals surface area contributed by atoms with Crippen LogP contribution in [0.4, 0.5) is 5.69 Å². The van der Waals surface area contributed by atoms with Crippen molar-refractivity contribution in [3.05, 3.63) is 22.2 Å². The van der Waals surface area contributed by atoms with Gasteiger partial charge in [0, 0.05) is 12.1 Å². The van der Waals surface area contributed by atoms with Crippen LogP contribution in [0.2, 0.25) is 10.0 Å². The first-order valence-electron chi connectivity index (χ1n) is 5.06. The van der Waals surface area contributed by atoms with Gasteiger partial charge in [0.2, 0.25) is 5.91 Å². The first-order valence-corrected chi connectivity index (χ1v) is 5.81. The number of aliphatic hydroxyl groups is 1. The lowest BCUT2D eigenvalue weighted by atomic mass is 10.2. The molecule has 0 aliphatic rings. The van der Waals surface area contributed by atoms with Crippen LogP contribution in [-0.4, -0.2) is 22.2 Å². The molecule has 0 bridgehead atoms. The topological polar surface area (TPSA) is 69.6 Å². The first kappa shape index (κ1) is 14.1. The van der Waals surface area contributed by atoms with E-state index in [0.717, 1.165) is 0 Å². The van der Waals surface area contributed by atoms with Crippen molar-refractivity contribution in [2.75, 3.05) is 5.32 Å². The van der Waals surface area contributed by atoms with Gasteiger partial charge in [-0.05, 0) is 25.5 Å². The molecule has 0 heterocycles. The van der Waals surface area contributed by atoms with E-state index < -0.39 is 6.10 Å². The minimum atomic E-state index is -0.521. The quantitative estimate of drug-likeness (QED) is 0.742. The number of hydrogen-bond acceptors (Lipinski definition) is 3. The number of phenolic OH excluding ortho intramolecular Hbond substituents is 1. The number of amides is 1. The summed E-state index contributed by atoms with van der Waals surface area (Å²) >= 11 is 11.4. The molecule has 1 atom stereocenters. The average molecular weight is 278 g/mol. The number of carbonyl (C=O) groups is 1. The largest absolute Gasteiger partial charge is 0.505 e. The van der Waals surface area contributed by atoms with Gasteiger partial charge in [-0.15, -0.1) is 0 Å². The van der Waals surface area contributed by atoms with Crippen molar-refractivity contribution >= 4 is 34.8 Å². The predicted octanol–water partition coefficient (Wildman–Crippen LogP) is 2.80. The normalized spacial score (nSPS) is 12.2. The molecule has 0 aliphatic carbocycles. The smallest absolute Gasteiger partial charge is 0.224 e. The van der Waals surface area contributed by atoms with Crippen molar-refractivity contribution in [3.8, 4) is 5.75 Å². The Morgan fingerprint density at radius 1 is 1.41 bits per heavy atom. The van der Waals surface area contributed by atoms with Crippen molar-refractivity contribution in [2.24, 2.45) is 0 Å². The highest BCUT2D eigenvalue weighted by Crippen LogP contribution is 2.34. The zero-order valence-corrected chi connectivity index (χ0v) is 10.7. The van der Waals surface area contributed by atoms with Gasteiger partial charge < -0.3 is 15.5 Å². The lowest BCUT2D eigenvalue weighted by Crippen LogP contribution is -2.14. The van der Waals surface area contributed by atoms with Crippen LogP contribution in [-0.2, 0) is 4.79 Å². The van der Waals surface area contributed by atoms with Crippen molar-refractivity contribution < 1.29 is 15.0 Å². The van der Waals surface area contributed by atoms with Gasteiger partial charge in [-0.2, -0.15) is 0 Å². The Labute approximate surface area is 109 Å². The van der Waals surface area contributed by atoms with E-state index >= 15 is 0 Å². The molecule has 1 aromatic carbocycles. The first-order chi connectivity index (χ1) is 7.90. The molecule has 1 amide bonds. The van der Waals surface area contributed by atoms with Crippen LogP contribution < -0.4 is 5.32 Å². The number of anilines is 1. The SMILES string of the molecule is CC(O)CCC(=O)Nc1cc(Cl)c(O)c(Cl)c1. The molecule has 0 aromatic heterocycles. The second-order valence-electron chi connectivity index (χ2n) is 3.72. The molecule has 0 fully saturated rings. The number of carbonyl (C=O) groups excluding carboxylic acids is 1. The summed E-state index contributed by atoms with van der Waals surface area (Å²) in [5.41, 5.74) is 0.411. The average Bonchev–Trinajstić information content (AvgIpc) is 2.23. The second-order valence-corrected chi connectivity index (χ2v) is 4.54. The van der Waals surface area contributed by atoms with Crippen LogP contribution in [0, 0.1) is 0 Å². The van der Waals surface area contributed by atoms with Crippen LogP contribution in [0.15, 0.2) is 12.1 Å². The number of hydrogen-bond donors (Lipinski definition) is 3. The van der Waals surface area contributed by atoms with E-state index in [9.17, 15) is 9.90 Å². The van der Waals surface area contributed by atoms with E-state index in [1.165, 1.54) is 12.1 Å². The number of rotatable bonds is 4. The van der Waals surface area contributed by atoms with E-state index in [4.69, 9.17) is 28.3 Å². The third kappa shape index (κ3) is 4.42. The Morgan fingerprint density at radius 3 is 2.41 bits per heavy atom. The molecule has 1 aromatic rings. The Morgan fingerprint density at radius 2 is 1.94 bits per heavy atom. The van der Waals surface area contributed by atoms with E-state index in [2.05, 4.69) is 5.32 Å². The third-order valence-electron chi connectivity index (χ3n) is 2.09. The van der Waals surface area contributed by atoms with E-state index in [-0.39, 0.29) is 28.1 Å². The Kier molecular flexibility index (Phi) is 5.05. The number of benzene rings is 1. The number of aromatic hydroxyl groups is 1. The van der Waals surface area contributed by atoms with Crippen molar-refractivity contribution in [1.29, 1.82) is 0 Å². The summed E-state index contributed by atoms with van der Waals surface area (Å²) in [5.74, 6) is -0.459. The molecule has 0 saturated heterocycles. The number of nitrogens with one attached hydrogen (secondary N) is 1. The zero-order chi connectivity index (χ0) is 13.0. The second kappa shape index (κ2) is 6.10. The van der Waals surface area contributed by atoms with E-state index in [0.29, 0.717) is 12.1 Å².